The molecule has 0 aliphatic carbocycles. The Hall–Kier alpha value is -2.04. The van der Waals surface area contributed by atoms with Crippen LogP contribution in [0.15, 0.2) is 40.7 Å². The number of thiazole rings is 1. The molecule has 0 atom stereocenters. The van der Waals surface area contributed by atoms with Gasteiger partial charge in [0.1, 0.15) is 5.82 Å². The summed E-state index contributed by atoms with van der Waals surface area (Å²) in [5.74, 6) is -0.380. The molecule has 2 saturated heterocycles. The topological polar surface area (TPSA) is 73.8 Å². The van der Waals surface area contributed by atoms with Crippen molar-refractivity contribution < 1.29 is 17.6 Å². The van der Waals surface area contributed by atoms with E-state index in [1.165, 1.54) is 16.4 Å². The van der Waals surface area contributed by atoms with Gasteiger partial charge in [0.15, 0.2) is 5.13 Å². The van der Waals surface area contributed by atoms with E-state index < -0.39 is 15.8 Å². The van der Waals surface area contributed by atoms with Crippen molar-refractivity contribution in [2.24, 2.45) is 5.92 Å². The molecular weight excluding hydrogens is 415 g/mol. The first kappa shape index (κ1) is 20.2. The molecule has 0 bridgehead atoms. The zero-order valence-corrected chi connectivity index (χ0v) is 17.5. The van der Waals surface area contributed by atoms with Gasteiger partial charge >= 0.3 is 0 Å². The highest BCUT2D eigenvalue weighted by Crippen LogP contribution is 2.27. The fourth-order valence-electron chi connectivity index (χ4n) is 3.85. The van der Waals surface area contributed by atoms with Crippen molar-refractivity contribution in [2.45, 2.75) is 17.7 Å². The van der Waals surface area contributed by atoms with E-state index >= 15 is 0 Å². The summed E-state index contributed by atoms with van der Waals surface area (Å²) in [6.45, 7) is 2.89. The lowest BCUT2D eigenvalue weighted by atomic mass is 9.95. The van der Waals surface area contributed by atoms with Crippen LogP contribution in [0.1, 0.15) is 12.8 Å². The quantitative estimate of drug-likeness (QED) is 0.730. The number of hydrogen-bond acceptors (Lipinski definition) is 6. The summed E-state index contributed by atoms with van der Waals surface area (Å²) in [5.41, 5.74) is 0. The van der Waals surface area contributed by atoms with Crippen molar-refractivity contribution in [3.05, 3.63) is 41.7 Å². The summed E-state index contributed by atoms with van der Waals surface area (Å²) in [6.07, 6.45) is 3.36. The summed E-state index contributed by atoms with van der Waals surface area (Å²) in [5, 5.41) is 2.95. The molecule has 2 aliphatic heterocycles. The molecule has 7 nitrogen and oxygen atoms in total. The third kappa shape index (κ3) is 4.29. The van der Waals surface area contributed by atoms with Gasteiger partial charge in [-0.25, -0.2) is 17.8 Å². The van der Waals surface area contributed by atoms with Crippen LogP contribution in [0.2, 0.25) is 0 Å². The van der Waals surface area contributed by atoms with E-state index in [9.17, 15) is 17.6 Å². The number of nitrogens with zero attached hydrogens (tertiary/aromatic N) is 4. The highest BCUT2D eigenvalue weighted by Gasteiger charge is 2.34. The second-order valence-corrected chi connectivity index (χ2v) is 10.1. The number of piperazine rings is 1. The van der Waals surface area contributed by atoms with Crippen LogP contribution in [-0.2, 0) is 14.8 Å². The molecule has 10 heteroatoms. The summed E-state index contributed by atoms with van der Waals surface area (Å²) >= 11 is 1.60. The molecule has 156 valence electrons. The Kier molecular flexibility index (Phi) is 5.84. The Morgan fingerprint density at radius 1 is 1.03 bits per heavy atom. The van der Waals surface area contributed by atoms with Gasteiger partial charge in [0.2, 0.25) is 15.9 Å². The highest BCUT2D eigenvalue weighted by atomic mass is 32.2. The van der Waals surface area contributed by atoms with E-state index in [0.29, 0.717) is 13.1 Å². The van der Waals surface area contributed by atoms with Gasteiger partial charge in [-0.2, -0.15) is 4.31 Å². The molecule has 29 heavy (non-hydrogen) atoms. The summed E-state index contributed by atoms with van der Waals surface area (Å²) in [6, 6.07) is 4.84. The van der Waals surface area contributed by atoms with Gasteiger partial charge in [-0.05, 0) is 37.1 Å². The van der Waals surface area contributed by atoms with E-state index in [-0.39, 0.29) is 29.8 Å². The second kappa shape index (κ2) is 8.37. The van der Waals surface area contributed by atoms with Crippen LogP contribution in [0.3, 0.4) is 0 Å². The average Bonchev–Trinajstić information content (AvgIpc) is 3.29. The van der Waals surface area contributed by atoms with Gasteiger partial charge in [-0.1, -0.05) is 0 Å². The van der Waals surface area contributed by atoms with Crippen molar-refractivity contribution >= 4 is 32.4 Å². The van der Waals surface area contributed by atoms with Gasteiger partial charge in [0.25, 0.3) is 0 Å². The van der Waals surface area contributed by atoms with Crippen molar-refractivity contribution in [1.82, 2.24) is 14.2 Å². The molecule has 0 unspecified atom stereocenters. The van der Waals surface area contributed by atoms with Gasteiger partial charge in [-0.15, -0.1) is 11.3 Å². The molecule has 2 aliphatic rings. The minimum absolute atomic E-state index is 0.0218. The highest BCUT2D eigenvalue weighted by molar-refractivity contribution is 7.89. The Morgan fingerprint density at radius 3 is 2.28 bits per heavy atom. The maximum atomic E-state index is 13.1. The van der Waals surface area contributed by atoms with E-state index in [0.717, 1.165) is 43.2 Å². The number of benzene rings is 1. The zero-order chi connectivity index (χ0) is 20.4. The van der Waals surface area contributed by atoms with E-state index in [2.05, 4.69) is 9.88 Å². The minimum Gasteiger partial charge on any atom is -0.348 e. The number of anilines is 1. The molecule has 4 rings (SSSR count). The third-order valence-corrected chi connectivity index (χ3v) is 8.28. The van der Waals surface area contributed by atoms with Crippen LogP contribution in [0, 0.1) is 11.7 Å². The molecule has 2 fully saturated rings. The Morgan fingerprint density at radius 2 is 1.69 bits per heavy atom. The lowest BCUT2D eigenvalue weighted by Gasteiger charge is -2.38. The molecule has 2 aromatic rings. The molecule has 0 radical (unpaired) electrons. The van der Waals surface area contributed by atoms with Crippen LogP contribution in [0.25, 0.3) is 0 Å². The average molecular weight is 439 g/mol. The van der Waals surface area contributed by atoms with Crippen LogP contribution < -0.4 is 4.90 Å². The number of sulfonamides is 1. The number of carbonyl (C=O) groups excluding carboxylic acids is 1. The van der Waals surface area contributed by atoms with Crippen LogP contribution in [0.5, 0.6) is 0 Å². The molecule has 0 N–H and O–H groups in total. The Bertz CT molecular complexity index is 934. The van der Waals surface area contributed by atoms with Crippen LogP contribution in [0.4, 0.5) is 9.52 Å². The van der Waals surface area contributed by atoms with Crippen molar-refractivity contribution in [3.8, 4) is 0 Å². The molecular formula is C19H23FN4O3S2. The van der Waals surface area contributed by atoms with Gasteiger partial charge in [0.05, 0.1) is 4.90 Å². The number of piperidine rings is 1. The first-order valence-electron chi connectivity index (χ1n) is 9.64. The summed E-state index contributed by atoms with van der Waals surface area (Å²) in [7, 11) is -3.67. The molecule has 3 heterocycles. The number of rotatable bonds is 4. The minimum atomic E-state index is -3.67. The predicted molar refractivity (Wildman–Crippen MR) is 109 cm³/mol. The second-order valence-electron chi connectivity index (χ2n) is 7.26. The number of halogens is 1. The first-order valence-corrected chi connectivity index (χ1v) is 12.0. The standard InChI is InChI=1S/C19H23FN4O3S2/c20-16-1-3-17(4-2-16)29(26,27)24-12-10-22(11-13-24)18(25)15-5-8-23(9-6-15)19-21-7-14-28-19/h1-4,7,14-15H,5-6,8-13H2. The maximum absolute atomic E-state index is 13.1. The fraction of sp³-hybridized carbons (Fsp3) is 0.474. The van der Waals surface area contributed by atoms with Crippen molar-refractivity contribution in [3.63, 3.8) is 0 Å². The largest absolute Gasteiger partial charge is 0.348 e. The lowest BCUT2D eigenvalue weighted by molar-refractivity contribution is -0.137. The fourth-order valence-corrected chi connectivity index (χ4v) is 5.97. The number of carbonyl (C=O) groups is 1. The summed E-state index contributed by atoms with van der Waals surface area (Å²) < 4.78 is 39.9. The normalized spacial score (nSPS) is 19.5. The molecule has 0 saturated carbocycles. The number of hydrogen-bond donors (Lipinski definition) is 0. The first-order chi connectivity index (χ1) is 13.9. The third-order valence-electron chi connectivity index (χ3n) is 5.54. The molecule has 1 amide bonds. The van der Waals surface area contributed by atoms with Crippen LogP contribution >= 0.6 is 11.3 Å². The van der Waals surface area contributed by atoms with Crippen molar-refractivity contribution in [2.75, 3.05) is 44.2 Å². The monoisotopic (exact) mass is 438 g/mol. The number of amides is 1. The maximum Gasteiger partial charge on any atom is 0.243 e. The zero-order valence-electron chi connectivity index (χ0n) is 15.9. The number of aromatic nitrogens is 1. The van der Waals surface area contributed by atoms with E-state index in [1.807, 2.05) is 5.38 Å². The van der Waals surface area contributed by atoms with Crippen molar-refractivity contribution in [1.29, 1.82) is 0 Å². The smallest absolute Gasteiger partial charge is 0.243 e. The Labute approximate surface area is 173 Å². The lowest BCUT2D eigenvalue weighted by Crippen LogP contribution is -2.52. The molecule has 1 aromatic heterocycles. The van der Waals surface area contributed by atoms with E-state index in [4.69, 9.17) is 0 Å². The molecule has 1 aromatic carbocycles. The van der Waals surface area contributed by atoms with Gasteiger partial charge in [-0.3, -0.25) is 4.79 Å². The van der Waals surface area contributed by atoms with Gasteiger partial charge < -0.3 is 9.80 Å². The predicted octanol–water partition coefficient (Wildman–Crippen LogP) is 2.03. The van der Waals surface area contributed by atoms with E-state index in [1.54, 1.807) is 22.4 Å². The summed E-state index contributed by atoms with van der Waals surface area (Å²) in [4.78, 5) is 21.3. The SMILES string of the molecule is O=C(C1CCN(c2nccs2)CC1)N1CCN(S(=O)(=O)c2ccc(F)cc2)CC1. The molecule has 0 spiro atoms. The van der Waals surface area contributed by atoms with Crippen LogP contribution in [-0.4, -0.2) is 67.8 Å². The van der Waals surface area contributed by atoms with Gasteiger partial charge in [0, 0.05) is 56.8 Å². The Balaban J connectivity index is 1.31.